The summed E-state index contributed by atoms with van der Waals surface area (Å²) >= 11 is 0. The molecule has 0 atom stereocenters. The summed E-state index contributed by atoms with van der Waals surface area (Å²) in [5.41, 5.74) is 2.77. The van der Waals surface area contributed by atoms with Crippen LogP contribution in [-0.2, 0) is 4.79 Å². The van der Waals surface area contributed by atoms with Gasteiger partial charge in [0.25, 0.3) is 0 Å². The number of ether oxygens (including phenoxy) is 2. The first-order chi connectivity index (χ1) is 16.1. The summed E-state index contributed by atoms with van der Waals surface area (Å²) in [6, 6.07) is 11.9. The third-order valence-corrected chi connectivity index (χ3v) is 5.94. The molecule has 1 N–H and O–H groups in total. The number of benzene rings is 1. The van der Waals surface area contributed by atoms with Crippen molar-refractivity contribution in [2.24, 2.45) is 0 Å². The molecule has 1 aliphatic heterocycles. The molecule has 3 aromatic heterocycles. The van der Waals surface area contributed by atoms with E-state index in [0.717, 1.165) is 34.9 Å². The lowest BCUT2D eigenvalue weighted by molar-refractivity contribution is -0.127. The number of nitrogens with zero attached hydrogens (tertiary/aromatic N) is 4. The molecule has 0 aliphatic carbocycles. The maximum Gasteiger partial charge on any atom is 0.245 e. The molecule has 1 saturated heterocycles. The summed E-state index contributed by atoms with van der Waals surface area (Å²) in [5, 5.41) is 4.24. The first-order valence-corrected chi connectivity index (χ1v) is 10.9. The number of pyridine rings is 1. The monoisotopic (exact) mass is 443 g/mol. The molecule has 8 nitrogen and oxygen atoms in total. The van der Waals surface area contributed by atoms with Crippen LogP contribution in [0.15, 0.2) is 67.8 Å². The lowest BCUT2D eigenvalue weighted by atomic mass is 10.1. The molecule has 1 fully saturated rings. The number of amides is 1. The topological polar surface area (TPSA) is 81.0 Å². The molecular weight excluding hydrogens is 418 g/mol. The predicted octanol–water partition coefficient (Wildman–Crippen LogP) is 4.19. The highest BCUT2D eigenvalue weighted by atomic mass is 16.5. The number of nitrogens with one attached hydrogen (secondary N) is 1. The van der Waals surface area contributed by atoms with E-state index in [9.17, 15) is 4.79 Å². The van der Waals surface area contributed by atoms with Crippen LogP contribution in [0, 0.1) is 0 Å². The Kier molecular flexibility index (Phi) is 5.56. The van der Waals surface area contributed by atoms with Gasteiger partial charge in [-0.1, -0.05) is 6.58 Å². The Morgan fingerprint density at radius 1 is 1.15 bits per heavy atom. The minimum atomic E-state index is -0.0389. The average molecular weight is 444 g/mol. The fourth-order valence-electron chi connectivity index (χ4n) is 4.17. The second kappa shape index (κ2) is 8.82. The SMILES string of the molecule is C=CC(=O)N1CCC(Oc2cc3c(Nc4ccn5cccc5c4)ncnc3cc2OC)CC1. The van der Waals surface area contributed by atoms with Crippen molar-refractivity contribution in [2.45, 2.75) is 18.9 Å². The molecule has 0 spiro atoms. The van der Waals surface area contributed by atoms with Crippen molar-refractivity contribution in [1.29, 1.82) is 0 Å². The van der Waals surface area contributed by atoms with E-state index in [0.29, 0.717) is 30.4 Å². The summed E-state index contributed by atoms with van der Waals surface area (Å²) in [6.45, 7) is 4.85. The highest BCUT2D eigenvalue weighted by Gasteiger charge is 2.24. The first-order valence-electron chi connectivity index (χ1n) is 10.9. The Morgan fingerprint density at radius 2 is 2.00 bits per heavy atom. The predicted molar refractivity (Wildman–Crippen MR) is 127 cm³/mol. The van der Waals surface area contributed by atoms with Gasteiger partial charge in [-0.05, 0) is 36.4 Å². The van der Waals surface area contributed by atoms with E-state index >= 15 is 0 Å². The molecular formula is C25H25N5O3. The van der Waals surface area contributed by atoms with Crippen LogP contribution in [0.4, 0.5) is 11.5 Å². The number of anilines is 2. The highest BCUT2D eigenvalue weighted by Crippen LogP contribution is 2.36. The molecule has 4 heterocycles. The van der Waals surface area contributed by atoms with Crippen LogP contribution in [0.5, 0.6) is 11.5 Å². The molecule has 0 unspecified atom stereocenters. The average Bonchev–Trinajstić information content (AvgIpc) is 3.32. The van der Waals surface area contributed by atoms with E-state index < -0.39 is 0 Å². The van der Waals surface area contributed by atoms with Crippen molar-refractivity contribution in [1.82, 2.24) is 19.3 Å². The van der Waals surface area contributed by atoms with Crippen molar-refractivity contribution in [3.63, 3.8) is 0 Å². The lowest BCUT2D eigenvalue weighted by Crippen LogP contribution is -2.41. The van der Waals surface area contributed by atoms with Crippen molar-refractivity contribution in [3.05, 3.63) is 67.8 Å². The molecule has 0 saturated carbocycles. The zero-order valence-electron chi connectivity index (χ0n) is 18.4. The number of piperidine rings is 1. The van der Waals surface area contributed by atoms with Gasteiger partial charge in [-0.25, -0.2) is 9.97 Å². The summed E-state index contributed by atoms with van der Waals surface area (Å²) in [4.78, 5) is 22.5. The molecule has 4 aromatic rings. The third kappa shape index (κ3) is 4.19. The first kappa shape index (κ1) is 20.8. The fraction of sp³-hybridized carbons (Fsp3) is 0.240. The minimum absolute atomic E-state index is 0.0111. The summed E-state index contributed by atoms with van der Waals surface area (Å²) in [6.07, 6.45) is 8.38. The standard InChI is InChI=1S/C25H25N5O3/c1-3-24(31)30-11-7-19(8-12-30)33-23-14-20-21(15-22(23)32-2)26-16-27-25(20)28-17-6-10-29-9-4-5-18(29)13-17/h3-6,9-10,13-16,19H,1,7-8,11-12H2,2H3,(H,26,27,28). The van der Waals surface area contributed by atoms with Gasteiger partial charge in [0.05, 0.1) is 12.6 Å². The van der Waals surface area contributed by atoms with Gasteiger partial charge < -0.3 is 24.1 Å². The van der Waals surface area contributed by atoms with Gasteiger partial charge in [0.1, 0.15) is 18.2 Å². The van der Waals surface area contributed by atoms with Gasteiger partial charge in [0.2, 0.25) is 5.91 Å². The zero-order chi connectivity index (χ0) is 22.8. The lowest BCUT2D eigenvalue weighted by Gasteiger charge is -2.31. The molecule has 8 heteroatoms. The Hall–Kier alpha value is -4.07. The van der Waals surface area contributed by atoms with E-state index in [1.807, 2.05) is 47.1 Å². The number of aromatic nitrogens is 3. The molecule has 1 aromatic carbocycles. The van der Waals surface area contributed by atoms with Crippen LogP contribution >= 0.6 is 0 Å². The Bertz CT molecular complexity index is 1320. The number of carbonyl (C=O) groups is 1. The molecule has 33 heavy (non-hydrogen) atoms. The summed E-state index contributed by atoms with van der Waals surface area (Å²) in [5.74, 6) is 1.91. The minimum Gasteiger partial charge on any atom is -0.493 e. The Labute approximate surface area is 191 Å². The van der Waals surface area contributed by atoms with E-state index in [4.69, 9.17) is 9.47 Å². The molecule has 0 bridgehead atoms. The maximum absolute atomic E-state index is 11.8. The van der Waals surface area contributed by atoms with Crippen LogP contribution < -0.4 is 14.8 Å². The number of hydrogen-bond acceptors (Lipinski definition) is 6. The Morgan fingerprint density at radius 3 is 2.79 bits per heavy atom. The quantitative estimate of drug-likeness (QED) is 0.450. The van der Waals surface area contributed by atoms with Crippen molar-refractivity contribution >= 4 is 33.8 Å². The second-order valence-corrected chi connectivity index (χ2v) is 7.97. The van der Waals surface area contributed by atoms with Gasteiger partial charge >= 0.3 is 0 Å². The number of rotatable bonds is 6. The van der Waals surface area contributed by atoms with Crippen LogP contribution in [0.3, 0.4) is 0 Å². The second-order valence-electron chi connectivity index (χ2n) is 7.97. The third-order valence-electron chi connectivity index (χ3n) is 5.94. The molecule has 0 radical (unpaired) electrons. The number of methoxy groups -OCH3 is 1. The maximum atomic E-state index is 11.8. The zero-order valence-corrected chi connectivity index (χ0v) is 18.4. The largest absolute Gasteiger partial charge is 0.493 e. The van der Waals surface area contributed by atoms with Crippen LogP contribution in [0.2, 0.25) is 0 Å². The number of fused-ring (bicyclic) bond motifs is 2. The van der Waals surface area contributed by atoms with E-state index in [1.165, 1.54) is 12.4 Å². The van der Waals surface area contributed by atoms with Crippen molar-refractivity contribution in [3.8, 4) is 11.5 Å². The van der Waals surface area contributed by atoms with Crippen LogP contribution in [0.25, 0.3) is 16.4 Å². The summed E-state index contributed by atoms with van der Waals surface area (Å²) in [7, 11) is 1.62. The van der Waals surface area contributed by atoms with Crippen LogP contribution in [0.1, 0.15) is 12.8 Å². The van der Waals surface area contributed by atoms with Crippen molar-refractivity contribution < 1.29 is 14.3 Å². The molecule has 168 valence electrons. The van der Waals surface area contributed by atoms with E-state index in [2.05, 4.69) is 27.9 Å². The number of carbonyl (C=O) groups excluding carboxylic acids is 1. The van der Waals surface area contributed by atoms with Gasteiger partial charge in [-0.15, -0.1) is 0 Å². The van der Waals surface area contributed by atoms with Gasteiger partial charge in [-0.2, -0.15) is 0 Å². The fourth-order valence-corrected chi connectivity index (χ4v) is 4.17. The van der Waals surface area contributed by atoms with Crippen LogP contribution in [-0.4, -0.2) is 51.5 Å². The highest BCUT2D eigenvalue weighted by molar-refractivity contribution is 5.93. The van der Waals surface area contributed by atoms with Crippen molar-refractivity contribution in [2.75, 3.05) is 25.5 Å². The normalized spacial score (nSPS) is 14.4. The smallest absolute Gasteiger partial charge is 0.245 e. The number of hydrogen-bond donors (Lipinski definition) is 1. The van der Waals surface area contributed by atoms with E-state index in [1.54, 1.807) is 12.0 Å². The van der Waals surface area contributed by atoms with E-state index in [-0.39, 0.29) is 12.0 Å². The summed E-state index contributed by atoms with van der Waals surface area (Å²) < 4.78 is 14.0. The van der Waals surface area contributed by atoms with Gasteiger partial charge in [0, 0.05) is 61.0 Å². The molecule has 1 amide bonds. The van der Waals surface area contributed by atoms with Gasteiger partial charge in [-0.3, -0.25) is 4.79 Å². The number of likely N-dealkylation sites (tertiary alicyclic amines) is 1. The molecule has 1 aliphatic rings. The Balaban J connectivity index is 1.42. The molecule has 5 rings (SSSR count). The van der Waals surface area contributed by atoms with Gasteiger partial charge in [0.15, 0.2) is 11.5 Å².